The molecule has 1 fully saturated rings. The Balaban J connectivity index is 0.000000810. The van der Waals surface area contributed by atoms with Crippen LogP contribution in [0.4, 0.5) is 0 Å². The fraction of sp³-hybridized carbons (Fsp3) is 1.00. The van der Waals surface area contributed by atoms with Crippen molar-refractivity contribution < 1.29 is 39.4 Å². The molecule has 0 amide bonds. The Labute approximate surface area is 84.2 Å². The van der Waals surface area contributed by atoms with Crippen LogP contribution in [0.3, 0.4) is 0 Å². The number of hydrogen-bond donors (Lipinski definition) is 0. The quantitative estimate of drug-likeness (QED) is 0.383. The van der Waals surface area contributed by atoms with Gasteiger partial charge in [-0.25, -0.2) is 0 Å². The van der Waals surface area contributed by atoms with Crippen molar-refractivity contribution in [2.24, 2.45) is 0 Å². The maximum atomic E-state index is 10.3. The smallest absolute Gasteiger partial charge is 0.853 e. The molecule has 1 unspecified atom stereocenters. The first-order chi connectivity index (χ1) is 4.33. The average Bonchev–Trinajstić information content (AvgIpc) is 1.88. The molecular weight excluding hydrogens is 139 g/mol. The van der Waals surface area contributed by atoms with Crippen LogP contribution >= 0.6 is 0 Å². The first kappa shape index (κ1) is 10.9. The molecule has 10 heavy (non-hydrogen) atoms. The fourth-order valence-corrected chi connectivity index (χ4v) is 1.22. The zero-order valence-electron chi connectivity index (χ0n) is 6.80. The van der Waals surface area contributed by atoms with E-state index in [-0.39, 0.29) is 42.3 Å². The van der Waals surface area contributed by atoms with Crippen LogP contribution in [0, 0.1) is 0 Å². The van der Waals surface area contributed by atoms with Crippen LogP contribution in [0.1, 0.15) is 26.2 Å². The monoisotopic (exact) mass is 152 g/mol. The van der Waals surface area contributed by atoms with Crippen molar-refractivity contribution in [3.05, 3.63) is 0 Å². The van der Waals surface area contributed by atoms with Crippen molar-refractivity contribution >= 4 is 0 Å². The number of ether oxygens (including phenoxy) is 1. The van der Waals surface area contributed by atoms with Gasteiger partial charge in [0.2, 0.25) is 0 Å². The molecule has 0 radical (unpaired) electrons. The molecule has 3 heteroatoms. The van der Waals surface area contributed by atoms with Crippen molar-refractivity contribution in [2.75, 3.05) is 6.61 Å². The van der Waals surface area contributed by atoms with E-state index in [1.165, 1.54) is 0 Å². The summed E-state index contributed by atoms with van der Waals surface area (Å²) in [6.45, 7) is 1.96. The van der Waals surface area contributed by atoms with E-state index in [0.29, 0.717) is 6.10 Å². The van der Waals surface area contributed by atoms with Gasteiger partial charge < -0.3 is 9.84 Å². The van der Waals surface area contributed by atoms with E-state index in [1.807, 2.05) is 6.92 Å². The molecule has 2 nitrogen and oxygen atoms in total. The Kier molecular flexibility index (Phi) is 6.07. The Morgan fingerprint density at radius 3 is 2.60 bits per heavy atom. The topological polar surface area (TPSA) is 32.3 Å². The molecular formula is C7H13NaO2. The summed E-state index contributed by atoms with van der Waals surface area (Å²) in [6, 6.07) is 0. The van der Waals surface area contributed by atoms with E-state index in [9.17, 15) is 5.11 Å². The molecule has 1 aliphatic rings. The zero-order valence-corrected chi connectivity index (χ0v) is 8.80. The Bertz CT molecular complexity index is 87.7. The molecule has 0 N–H and O–H groups in total. The van der Waals surface area contributed by atoms with Gasteiger partial charge in [-0.1, -0.05) is 0 Å². The van der Waals surface area contributed by atoms with Gasteiger partial charge in [-0.2, -0.15) is 0 Å². The molecule has 54 valence electrons. The Morgan fingerprint density at radius 1 is 1.50 bits per heavy atom. The molecule has 1 saturated heterocycles. The third-order valence-electron chi connectivity index (χ3n) is 1.75. The summed E-state index contributed by atoms with van der Waals surface area (Å²) >= 11 is 0. The van der Waals surface area contributed by atoms with E-state index in [1.54, 1.807) is 0 Å². The van der Waals surface area contributed by atoms with Crippen molar-refractivity contribution in [3.8, 4) is 0 Å². The summed E-state index contributed by atoms with van der Waals surface area (Å²) in [5.41, 5.74) is 0. The molecule has 1 rings (SSSR count). The SMILES string of the molecule is C[C@H]1CCCC(C[O-])O1.[Na+]. The van der Waals surface area contributed by atoms with Crippen LogP contribution in [-0.4, -0.2) is 18.8 Å². The molecule has 1 heterocycles. The van der Waals surface area contributed by atoms with Crippen LogP contribution in [0.15, 0.2) is 0 Å². The van der Waals surface area contributed by atoms with Gasteiger partial charge >= 0.3 is 29.6 Å². The van der Waals surface area contributed by atoms with E-state index in [4.69, 9.17) is 4.74 Å². The molecule has 2 atom stereocenters. The van der Waals surface area contributed by atoms with E-state index in [2.05, 4.69) is 0 Å². The van der Waals surface area contributed by atoms with Gasteiger partial charge in [0, 0.05) is 6.10 Å². The van der Waals surface area contributed by atoms with Crippen LogP contribution in [0.5, 0.6) is 0 Å². The number of hydrogen-bond acceptors (Lipinski definition) is 2. The first-order valence-electron chi connectivity index (χ1n) is 3.56. The second-order valence-electron chi connectivity index (χ2n) is 2.67. The third kappa shape index (κ3) is 3.35. The molecule has 0 aromatic heterocycles. The van der Waals surface area contributed by atoms with Gasteiger partial charge in [0.25, 0.3) is 0 Å². The maximum Gasteiger partial charge on any atom is 1.00 e. The minimum atomic E-state index is -0.0651. The molecule has 0 aromatic rings. The number of rotatable bonds is 1. The molecule has 0 aliphatic carbocycles. The normalized spacial score (nSPS) is 33.0. The molecule has 0 aromatic carbocycles. The Hall–Kier alpha value is 0.920. The maximum absolute atomic E-state index is 10.3. The van der Waals surface area contributed by atoms with Crippen molar-refractivity contribution in [1.29, 1.82) is 0 Å². The minimum Gasteiger partial charge on any atom is -0.853 e. The van der Waals surface area contributed by atoms with Gasteiger partial charge in [-0.05, 0) is 26.2 Å². The Morgan fingerprint density at radius 2 is 2.20 bits per heavy atom. The molecule has 0 saturated carbocycles. The molecule has 1 aliphatic heterocycles. The molecule has 0 bridgehead atoms. The standard InChI is InChI=1S/C7H13O2.Na/c1-6-3-2-4-7(5-8)9-6;/h6-7H,2-5H2,1H3;/q-1;+1/t6-,7?;/m0./s1. The van der Waals surface area contributed by atoms with Crippen molar-refractivity contribution in [1.82, 2.24) is 0 Å². The van der Waals surface area contributed by atoms with Gasteiger partial charge in [-0.3, -0.25) is 0 Å². The van der Waals surface area contributed by atoms with Crippen LogP contribution in [-0.2, 0) is 4.74 Å². The molecule has 0 spiro atoms. The summed E-state index contributed by atoms with van der Waals surface area (Å²) in [5.74, 6) is 0. The summed E-state index contributed by atoms with van der Waals surface area (Å²) in [7, 11) is 0. The predicted octanol–water partition coefficient (Wildman–Crippen LogP) is -2.69. The second-order valence-corrected chi connectivity index (χ2v) is 2.67. The van der Waals surface area contributed by atoms with E-state index in [0.717, 1.165) is 19.3 Å². The summed E-state index contributed by atoms with van der Waals surface area (Å²) in [6.07, 6.45) is 3.57. The summed E-state index contributed by atoms with van der Waals surface area (Å²) < 4.78 is 5.32. The first-order valence-corrected chi connectivity index (χ1v) is 3.56. The van der Waals surface area contributed by atoms with Crippen molar-refractivity contribution in [3.63, 3.8) is 0 Å². The summed E-state index contributed by atoms with van der Waals surface area (Å²) in [4.78, 5) is 0. The minimum absolute atomic E-state index is 0. The largest absolute Gasteiger partial charge is 1.00 e. The van der Waals surface area contributed by atoms with Crippen LogP contribution in [0.25, 0.3) is 0 Å². The second kappa shape index (κ2) is 5.56. The summed E-state index contributed by atoms with van der Waals surface area (Å²) in [5, 5.41) is 10.3. The van der Waals surface area contributed by atoms with E-state index >= 15 is 0 Å². The van der Waals surface area contributed by atoms with Gasteiger partial charge in [-0.15, -0.1) is 6.61 Å². The van der Waals surface area contributed by atoms with Crippen molar-refractivity contribution in [2.45, 2.75) is 38.4 Å². The van der Waals surface area contributed by atoms with Crippen LogP contribution in [0.2, 0.25) is 0 Å². The average molecular weight is 152 g/mol. The third-order valence-corrected chi connectivity index (χ3v) is 1.75. The van der Waals surface area contributed by atoms with Gasteiger partial charge in [0.15, 0.2) is 0 Å². The van der Waals surface area contributed by atoms with E-state index < -0.39 is 0 Å². The van der Waals surface area contributed by atoms with Gasteiger partial charge in [0.05, 0.1) is 6.10 Å². The van der Waals surface area contributed by atoms with Gasteiger partial charge in [0.1, 0.15) is 0 Å². The predicted molar refractivity (Wildman–Crippen MR) is 33.1 cm³/mol. The zero-order chi connectivity index (χ0) is 6.69. The van der Waals surface area contributed by atoms with Crippen LogP contribution < -0.4 is 34.7 Å². The fourth-order valence-electron chi connectivity index (χ4n) is 1.22.